The molecule has 2 unspecified atom stereocenters. The number of nitrogens with zero attached hydrogens (tertiary/aromatic N) is 5. The maximum atomic E-state index is 12.1. The van der Waals surface area contributed by atoms with Crippen LogP contribution in [0.25, 0.3) is 0 Å². The zero-order valence-electron chi connectivity index (χ0n) is 32.7. The molecule has 2 aliphatic heterocycles. The molecular weight excluding hydrogens is 619 g/mol. The van der Waals surface area contributed by atoms with Gasteiger partial charge in [0.2, 0.25) is 0 Å². The third-order valence-electron chi connectivity index (χ3n) is 8.91. The van der Waals surface area contributed by atoms with Crippen molar-refractivity contribution in [1.82, 2.24) is 24.1 Å². The molecule has 2 heterocycles. The highest BCUT2D eigenvalue weighted by molar-refractivity contribution is 7.97. The van der Waals surface area contributed by atoms with Gasteiger partial charge >= 0.3 is 0 Å². The minimum absolute atomic E-state index is 0.109. The van der Waals surface area contributed by atoms with Crippen LogP contribution in [-0.2, 0) is 14.4 Å². The van der Waals surface area contributed by atoms with Gasteiger partial charge in [-0.3, -0.25) is 9.74 Å². The fourth-order valence-electron chi connectivity index (χ4n) is 6.14. The van der Waals surface area contributed by atoms with Crippen LogP contribution < -0.4 is 0 Å². The molecular formula is C39H73N5O3S. The average Bonchev–Trinajstić information content (AvgIpc) is 3.05. The maximum Gasteiger partial charge on any atom is 0.150 e. The normalized spacial score (nSPS) is 18.1. The van der Waals surface area contributed by atoms with Gasteiger partial charge in [0.1, 0.15) is 12.4 Å². The molecule has 1 aromatic carbocycles. The molecule has 0 bridgehead atoms. The van der Waals surface area contributed by atoms with Gasteiger partial charge in [0.15, 0.2) is 6.29 Å². The van der Waals surface area contributed by atoms with E-state index in [0.29, 0.717) is 30.8 Å². The molecule has 0 spiro atoms. The van der Waals surface area contributed by atoms with Crippen molar-refractivity contribution in [2.75, 3.05) is 67.0 Å². The van der Waals surface area contributed by atoms with Crippen molar-refractivity contribution < 1.29 is 14.4 Å². The third kappa shape index (κ3) is 18.6. The summed E-state index contributed by atoms with van der Waals surface area (Å²) in [4.78, 5) is 38.3. The van der Waals surface area contributed by atoms with Gasteiger partial charge < -0.3 is 19.4 Å². The van der Waals surface area contributed by atoms with Gasteiger partial charge in [-0.25, -0.2) is 4.31 Å². The summed E-state index contributed by atoms with van der Waals surface area (Å²) in [5.74, 6) is 1.89. The van der Waals surface area contributed by atoms with Crippen molar-refractivity contribution in [3.8, 4) is 0 Å². The summed E-state index contributed by atoms with van der Waals surface area (Å²) < 4.78 is 2.50. The molecule has 0 amide bonds. The van der Waals surface area contributed by atoms with E-state index in [1.807, 2.05) is 37.9 Å². The van der Waals surface area contributed by atoms with E-state index in [9.17, 15) is 9.59 Å². The molecule has 3 rings (SSSR count). The van der Waals surface area contributed by atoms with E-state index < -0.39 is 6.10 Å². The average molecular weight is 692 g/mol. The van der Waals surface area contributed by atoms with E-state index in [-0.39, 0.29) is 6.17 Å². The van der Waals surface area contributed by atoms with Crippen LogP contribution in [0, 0.1) is 24.7 Å². The second kappa shape index (κ2) is 25.6. The number of likely N-dealkylation sites (tertiary alicyclic amines) is 1. The first kappa shape index (κ1) is 44.7. The van der Waals surface area contributed by atoms with Gasteiger partial charge in [-0.15, -0.1) is 0 Å². The molecule has 2 saturated heterocycles. The van der Waals surface area contributed by atoms with Crippen LogP contribution >= 0.6 is 11.9 Å². The van der Waals surface area contributed by atoms with Gasteiger partial charge in [-0.05, 0) is 128 Å². The van der Waals surface area contributed by atoms with Crippen molar-refractivity contribution in [2.24, 2.45) is 17.8 Å². The Morgan fingerprint density at radius 3 is 2.04 bits per heavy atom. The van der Waals surface area contributed by atoms with Gasteiger partial charge in [0, 0.05) is 37.1 Å². The highest BCUT2D eigenvalue weighted by atomic mass is 32.2. The Morgan fingerprint density at radius 1 is 0.938 bits per heavy atom. The Bertz CT molecular complexity index is 947. The summed E-state index contributed by atoms with van der Waals surface area (Å²) in [5, 5.41) is 2.04. The Morgan fingerprint density at radius 2 is 1.52 bits per heavy atom. The van der Waals surface area contributed by atoms with Crippen LogP contribution in [0.15, 0.2) is 29.2 Å². The molecule has 8 nitrogen and oxygen atoms in total. The lowest BCUT2D eigenvalue weighted by Gasteiger charge is -2.42. The molecule has 0 N–H and O–H groups in total. The molecule has 0 aromatic heterocycles. The summed E-state index contributed by atoms with van der Waals surface area (Å²) >= 11 is 1.88. The number of hydrogen-bond acceptors (Lipinski definition) is 9. The van der Waals surface area contributed by atoms with E-state index in [1.165, 1.54) is 23.3 Å². The van der Waals surface area contributed by atoms with Crippen molar-refractivity contribution in [1.29, 1.82) is 0 Å². The first-order valence-corrected chi connectivity index (χ1v) is 19.6. The van der Waals surface area contributed by atoms with E-state index in [2.05, 4.69) is 98.9 Å². The summed E-state index contributed by atoms with van der Waals surface area (Å²) in [6, 6.07) is 9.31. The second-order valence-electron chi connectivity index (χ2n) is 14.8. The van der Waals surface area contributed by atoms with Crippen LogP contribution in [-0.4, -0.2) is 122 Å². The first-order chi connectivity index (χ1) is 22.9. The second-order valence-corrected chi connectivity index (χ2v) is 15.9. The molecule has 1 aromatic rings. The largest absolute Gasteiger partial charge is 0.306 e. The topological polar surface area (TPSA) is 59.6 Å². The molecule has 9 heteroatoms. The number of likely N-dealkylation sites (N-methyl/N-ethyl adjacent to an activating group) is 2. The summed E-state index contributed by atoms with van der Waals surface area (Å²) in [6.45, 7) is 23.1. The molecule has 0 radical (unpaired) electrons. The van der Waals surface area contributed by atoms with Crippen LogP contribution in [0.5, 0.6) is 0 Å². The first-order valence-electron chi connectivity index (χ1n) is 18.8. The molecule has 2 atom stereocenters. The minimum atomic E-state index is -0.479. The monoisotopic (exact) mass is 692 g/mol. The molecule has 2 fully saturated rings. The predicted octanol–water partition coefficient (Wildman–Crippen LogP) is 7.51. The molecule has 48 heavy (non-hydrogen) atoms. The minimum Gasteiger partial charge on any atom is -0.306 e. The fourth-order valence-corrected chi connectivity index (χ4v) is 7.09. The molecule has 2 aliphatic rings. The van der Waals surface area contributed by atoms with E-state index in [1.54, 1.807) is 0 Å². The lowest BCUT2D eigenvalue weighted by molar-refractivity contribution is -0.244. The van der Waals surface area contributed by atoms with E-state index >= 15 is 0 Å². The summed E-state index contributed by atoms with van der Waals surface area (Å²) in [5.41, 5.74) is 1.30. The van der Waals surface area contributed by atoms with Gasteiger partial charge in [-0.1, -0.05) is 66.2 Å². The Labute approximate surface area is 300 Å². The van der Waals surface area contributed by atoms with Crippen LogP contribution in [0.2, 0.25) is 0 Å². The van der Waals surface area contributed by atoms with Crippen molar-refractivity contribution in [2.45, 2.75) is 124 Å². The number of aldehydes is 2. The van der Waals surface area contributed by atoms with E-state index in [4.69, 9.17) is 4.84 Å². The molecule has 0 saturated carbocycles. The van der Waals surface area contributed by atoms with E-state index in [0.717, 1.165) is 83.4 Å². The fraction of sp³-hybridized carbons (Fsp3) is 0.795. The maximum absolute atomic E-state index is 12.1. The highest BCUT2D eigenvalue weighted by Crippen LogP contribution is 2.30. The smallest absolute Gasteiger partial charge is 0.150 e. The van der Waals surface area contributed by atoms with Crippen molar-refractivity contribution in [3.63, 3.8) is 0 Å². The molecule has 278 valence electrons. The summed E-state index contributed by atoms with van der Waals surface area (Å²) in [6.07, 6.45) is 8.86. The number of aryl methyl sites for hydroxylation is 1. The lowest BCUT2D eigenvalue weighted by atomic mass is 9.93. The third-order valence-corrected chi connectivity index (χ3v) is 10.0. The number of hydrogen-bond donors (Lipinski definition) is 0. The van der Waals surface area contributed by atoms with Crippen molar-refractivity contribution in [3.05, 3.63) is 29.8 Å². The molecule has 0 aliphatic carbocycles. The van der Waals surface area contributed by atoms with Gasteiger partial charge in [0.25, 0.3) is 0 Å². The van der Waals surface area contributed by atoms with Crippen molar-refractivity contribution >= 4 is 24.5 Å². The predicted molar refractivity (Wildman–Crippen MR) is 205 cm³/mol. The Hall–Kier alpha value is -1.33. The SMILES string of the molecule is CC.CC(C)C.Cc1ccc(SN2CCC(CCCN(OC(C=O)CC(C)C)C(CN(C)C3CCN(C)CC3)N(C)CC=O)CC2)cc1. The number of benzene rings is 1. The zero-order chi connectivity index (χ0) is 36.1. The number of rotatable bonds is 18. The van der Waals surface area contributed by atoms with Gasteiger partial charge in [-0.2, -0.15) is 5.06 Å². The lowest BCUT2D eigenvalue weighted by Crippen LogP contribution is -2.56. The Balaban J connectivity index is 0.00000178. The number of piperidine rings is 2. The summed E-state index contributed by atoms with van der Waals surface area (Å²) in [7, 11) is 6.38. The van der Waals surface area contributed by atoms with Crippen LogP contribution in [0.3, 0.4) is 0 Å². The van der Waals surface area contributed by atoms with Crippen LogP contribution in [0.1, 0.15) is 99.0 Å². The highest BCUT2D eigenvalue weighted by Gasteiger charge is 2.31. The Kier molecular flexibility index (Phi) is 23.8. The quantitative estimate of drug-likeness (QED) is 0.0674. The van der Waals surface area contributed by atoms with Crippen LogP contribution in [0.4, 0.5) is 0 Å². The number of hydroxylamine groups is 2. The number of carbonyl (C=O) groups is 2. The van der Waals surface area contributed by atoms with Gasteiger partial charge in [0.05, 0.1) is 12.7 Å². The number of carbonyl (C=O) groups excluding carboxylic acids is 2. The standard InChI is InChI=1S/C33H57N5O3S.C4H10.C2H6/c1-27(2)24-31(26-40)41-38(33(35(5)22-23-39)25-36(6)30-15-18-34(4)19-16-30)17-7-8-29-13-20-37(21-14-29)42-32-11-9-28(3)10-12-32;1-4(2)3;1-2/h9-12,23,26-27,29-31,33H,7-8,13-22,24-25H2,1-6H3;4H,1-3H3;1-2H3. The zero-order valence-corrected chi connectivity index (χ0v) is 33.5.